The maximum absolute atomic E-state index is 13.8. The highest BCUT2D eigenvalue weighted by Gasteiger charge is 2.34. The zero-order chi connectivity index (χ0) is 17.0. The van der Waals surface area contributed by atoms with Crippen LogP contribution in [0.1, 0.15) is 25.0 Å². The van der Waals surface area contributed by atoms with Crippen LogP contribution in [0.2, 0.25) is 0 Å². The topological polar surface area (TPSA) is 46.3 Å². The zero-order valence-corrected chi connectivity index (χ0v) is 13.2. The summed E-state index contributed by atoms with van der Waals surface area (Å²) in [6.07, 6.45) is 0. The summed E-state index contributed by atoms with van der Waals surface area (Å²) in [5, 5.41) is 0. The fraction of sp³-hybridized carbons (Fsp3) is 0.278. The number of halogens is 2. The molecule has 0 aliphatic rings. The fourth-order valence-electron chi connectivity index (χ4n) is 2.44. The number of benzene rings is 2. The molecule has 0 aliphatic carbocycles. The summed E-state index contributed by atoms with van der Waals surface area (Å²) in [4.78, 5) is 14.1. The van der Waals surface area contributed by atoms with Crippen molar-refractivity contribution >= 4 is 5.91 Å². The van der Waals surface area contributed by atoms with Gasteiger partial charge in [0, 0.05) is 12.1 Å². The number of likely N-dealkylation sites (N-methyl/N-ethyl adjacent to an activating group) is 1. The molecule has 0 aliphatic heterocycles. The van der Waals surface area contributed by atoms with Crippen molar-refractivity contribution < 1.29 is 13.6 Å². The molecule has 122 valence electrons. The second-order valence-electron chi connectivity index (χ2n) is 5.59. The molecule has 0 saturated carbocycles. The van der Waals surface area contributed by atoms with Gasteiger partial charge >= 0.3 is 0 Å². The first-order valence-electron chi connectivity index (χ1n) is 7.44. The second kappa shape index (κ2) is 6.87. The number of hydrogen-bond acceptors (Lipinski definition) is 2. The first-order valence-corrected chi connectivity index (χ1v) is 7.44. The predicted molar refractivity (Wildman–Crippen MR) is 85.4 cm³/mol. The van der Waals surface area contributed by atoms with Gasteiger partial charge in [-0.15, -0.1) is 0 Å². The molecule has 0 aromatic heterocycles. The van der Waals surface area contributed by atoms with Crippen LogP contribution in [0.5, 0.6) is 0 Å². The van der Waals surface area contributed by atoms with Gasteiger partial charge in [-0.25, -0.2) is 8.78 Å². The van der Waals surface area contributed by atoms with Crippen molar-refractivity contribution in [3.8, 4) is 0 Å². The Morgan fingerprint density at radius 1 is 1.09 bits per heavy atom. The third kappa shape index (κ3) is 3.56. The van der Waals surface area contributed by atoms with E-state index in [4.69, 9.17) is 5.73 Å². The lowest BCUT2D eigenvalue weighted by molar-refractivity contribution is -0.137. The maximum Gasteiger partial charge on any atom is 0.247 e. The van der Waals surface area contributed by atoms with Crippen LogP contribution in [0.25, 0.3) is 0 Å². The first-order chi connectivity index (χ1) is 10.9. The summed E-state index contributed by atoms with van der Waals surface area (Å²) in [6.45, 7) is 3.49. The summed E-state index contributed by atoms with van der Waals surface area (Å²) in [6, 6.07) is 12.6. The molecule has 1 atom stereocenters. The van der Waals surface area contributed by atoms with Crippen LogP contribution in [0.3, 0.4) is 0 Å². The first kappa shape index (κ1) is 17.1. The highest BCUT2D eigenvalue weighted by molar-refractivity contribution is 5.87. The van der Waals surface area contributed by atoms with Crippen LogP contribution in [-0.4, -0.2) is 17.4 Å². The molecule has 0 heterocycles. The van der Waals surface area contributed by atoms with Gasteiger partial charge in [-0.3, -0.25) is 4.79 Å². The van der Waals surface area contributed by atoms with E-state index in [1.165, 1.54) is 23.1 Å². The Kier molecular flexibility index (Phi) is 5.11. The molecule has 23 heavy (non-hydrogen) atoms. The number of nitrogens with zero attached hydrogens (tertiary/aromatic N) is 1. The van der Waals surface area contributed by atoms with Gasteiger partial charge in [-0.2, -0.15) is 0 Å². The Labute approximate surface area is 134 Å². The Bertz CT molecular complexity index is 666. The van der Waals surface area contributed by atoms with Crippen LogP contribution in [0, 0.1) is 11.6 Å². The minimum absolute atomic E-state index is 0.133. The number of rotatable bonds is 5. The van der Waals surface area contributed by atoms with Gasteiger partial charge in [0.25, 0.3) is 0 Å². The third-order valence-corrected chi connectivity index (χ3v) is 3.90. The van der Waals surface area contributed by atoms with Crippen molar-refractivity contribution in [1.82, 2.24) is 4.90 Å². The van der Waals surface area contributed by atoms with Crippen LogP contribution < -0.4 is 5.73 Å². The highest BCUT2D eigenvalue weighted by atomic mass is 19.1. The van der Waals surface area contributed by atoms with Crippen molar-refractivity contribution in [2.45, 2.75) is 25.9 Å². The van der Waals surface area contributed by atoms with E-state index in [1.807, 2.05) is 6.07 Å². The van der Waals surface area contributed by atoms with Gasteiger partial charge in [0.1, 0.15) is 17.2 Å². The van der Waals surface area contributed by atoms with Crippen molar-refractivity contribution in [2.24, 2.45) is 5.73 Å². The van der Waals surface area contributed by atoms with Gasteiger partial charge < -0.3 is 10.6 Å². The number of nitrogens with two attached hydrogens (primary N) is 1. The minimum Gasteiger partial charge on any atom is -0.337 e. The second-order valence-corrected chi connectivity index (χ2v) is 5.59. The quantitative estimate of drug-likeness (QED) is 0.920. The van der Waals surface area contributed by atoms with E-state index in [0.29, 0.717) is 12.1 Å². The number of carbonyl (C=O) groups excluding carboxylic acids is 1. The average Bonchev–Trinajstić information content (AvgIpc) is 2.55. The van der Waals surface area contributed by atoms with Crippen molar-refractivity contribution in [2.75, 3.05) is 6.54 Å². The highest BCUT2D eigenvalue weighted by Crippen LogP contribution is 2.22. The summed E-state index contributed by atoms with van der Waals surface area (Å²) in [5.74, 6) is -1.72. The lowest BCUT2D eigenvalue weighted by Gasteiger charge is -2.31. The molecule has 2 rings (SSSR count). The zero-order valence-electron chi connectivity index (χ0n) is 13.2. The molecule has 5 heteroatoms. The van der Waals surface area contributed by atoms with E-state index in [9.17, 15) is 13.6 Å². The van der Waals surface area contributed by atoms with E-state index in [-0.39, 0.29) is 18.0 Å². The molecule has 2 aromatic rings. The molecular weight excluding hydrogens is 298 g/mol. The third-order valence-electron chi connectivity index (χ3n) is 3.90. The van der Waals surface area contributed by atoms with Crippen molar-refractivity contribution in [3.63, 3.8) is 0 Å². The van der Waals surface area contributed by atoms with Gasteiger partial charge in [0.05, 0.1) is 6.54 Å². The minimum atomic E-state index is -1.26. The van der Waals surface area contributed by atoms with E-state index >= 15 is 0 Å². The number of carbonyl (C=O) groups is 1. The molecule has 0 fully saturated rings. The van der Waals surface area contributed by atoms with Crippen LogP contribution in [0.15, 0.2) is 48.5 Å². The predicted octanol–water partition coefficient (Wildman–Crippen LogP) is 3.19. The molecule has 1 unspecified atom stereocenters. The van der Waals surface area contributed by atoms with E-state index in [1.54, 1.807) is 38.1 Å². The SMILES string of the molecule is CCN(Cc1c(F)cccc1F)C(=O)C(C)(N)c1ccccc1. The van der Waals surface area contributed by atoms with Gasteiger partial charge in [0.15, 0.2) is 0 Å². The Morgan fingerprint density at radius 3 is 2.17 bits per heavy atom. The lowest BCUT2D eigenvalue weighted by atomic mass is 9.91. The molecule has 0 radical (unpaired) electrons. The molecule has 2 aromatic carbocycles. The van der Waals surface area contributed by atoms with E-state index < -0.39 is 17.2 Å². The molecular formula is C18H20F2N2O. The summed E-state index contributed by atoms with van der Waals surface area (Å²) in [7, 11) is 0. The fourth-order valence-corrected chi connectivity index (χ4v) is 2.44. The lowest BCUT2D eigenvalue weighted by Crippen LogP contribution is -2.50. The van der Waals surface area contributed by atoms with E-state index in [2.05, 4.69) is 0 Å². The Balaban J connectivity index is 2.29. The largest absolute Gasteiger partial charge is 0.337 e. The molecule has 0 bridgehead atoms. The van der Waals surface area contributed by atoms with Crippen LogP contribution in [0.4, 0.5) is 8.78 Å². The Hall–Kier alpha value is -2.27. The molecule has 3 nitrogen and oxygen atoms in total. The summed E-state index contributed by atoms with van der Waals surface area (Å²) >= 11 is 0. The average molecular weight is 318 g/mol. The van der Waals surface area contributed by atoms with Crippen molar-refractivity contribution in [3.05, 3.63) is 71.3 Å². The van der Waals surface area contributed by atoms with Gasteiger partial charge in [-0.05, 0) is 31.5 Å². The van der Waals surface area contributed by atoms with Crippen molar-refractivity contribution in [1.29, 1.82) is 0 Å². The normalized spacial score (nSPS) is 13.4. The molecule has 0 saturated heterocycles. The van der Waals surface area contributed by atoms with Crippen LogP contribution in [-0.2, 0) is 16.9 Å². The smallest absolute Gasteiger partial charge is 0.247 e. The molecule has 2 N–H and O–H groups in total. The molecule has 0 spiro atoms. The summed E-state index contributed by atoms with van der Waals surface area (Å²) < 4.78 is 27.6. The Morgan fingerprint density at radius 2 is 1.65 bits per heavy atom. The van der Waals surface area contributed by atoms with Gasteiger partial charge in [0.2, 0.25) is 5.91 Å². The number of amides is 1. The summed E-state index contributed by atoms with van der Waals surface area (Å²) in [5.41, 5.74) is 5.46. The number of hydrogen-bond donors (Lipinski definition) is 1. The molecule has 1 amide bonds. The van der Waals surface area contributed by atoms with E-state index in [0.717, 1.165) is 0 Å². The standard InChI is InChI=1S/C18H20F2N2O/c1-3-22(12-14-15(19)10-7-11-16(14)20)17(23)18(2,21)13-8-5-4-6-9-13/h4-11H,3,12,21H2,1-2H3. The van der Waals surface area contributed by atoms with Gasteiger partial charge in [-0.1, -0.05) is 36.4 Å². The monoisotopic (exact) mass is 318 g/mol. The van der Waals surface area contributed by atoms with Crippen LogP contribution >= 0.6 is 0 Å². The maximum atomic E-state index is 13.8.